The Morgan fingerprint density at radius 1 is 1.32 bits per heavy atom. The zero-order valence-corrected chi connectivity index (χ0v) is 15.8. The summed E-state index contributed by atoms with van der Waals surface area (Å²) in [6, 6.07) is 2.10. The van der Waals surface area contributed by atoms with Crippen molar-refractivity contribution in [2.75, 3.05) is 26.2 Å². The van der Waals surface area contributed by atoms with Gasteiger partial charge in [0.15, 0.2) is 0 Å². The Labute approximate surface area is 169 Å². The number of azide groups is 1. The summed E-state index contributed by atoms with van der Waals surface area (Å²) in [4.78, 5) is 4.71. The molecule has 1 fully saturated rings. The van der Waals surface area contributed by atoms with Crippen LogP contribution in [-0.4, -0.2) is 38.1 Å². The van der Waals surface area contributed by atoms with Crippen molar-refractivity contribution < 1.29 is 64.3 Å². The van der Waals surface area contributed by atoms with Gasteiger partial charge in [0, 0.05) is 43.3 Å². The molecule has 0 spiro atoms. The standard InChI is InChI=1S/C12H16BF3N5.K/c1-9-10(8-21-4-2-18-3-5-21)6-11(13(14,15)16)7-12(9)19-20-17;/h6-7,18H,2-5,8H2,1H3;/q-1;+1. The first-order chi connectivity index (χ1) is 9.91. The van der Waals surface area contributed by atoms with Gasteiger partial charge in [0.1, 0.15) is 0 Å². The van der Waals surface area contributed by atoms with Gasteiger partial charge in [0.2, 0.25) is 0 Å². The minimum Gasteiger partial charge on any atom is -0.445 e. The van der Waals surface area contributed by atoms with E-state index >= 15 is 0 Å². The molecule has 1 aromatic carbocycles. The third kappa shape index (κ3) is 5.24. The molecule has 0 saturated carbocycles. The van der Waals surface area contributed by atoms with Crippen LogP contribution in [0.2, 0.25) is 0 Å². The number of hydrogen-bond acceptors (Lipinski definition) is 3. The van der Waals surface area contributed by atoms with Gasteiger partial charge in [-0.3, -0.25) is 4.90 Å². The molecule has 1 aliphatic rings. The Bertz CT molecular complexity index is 569. The second-order valence-electron chi connectivity index (χ2n) is 5.11. The normalized spacial score (nSPS) is 15.8. The van der Waals surface area contributed by atoms with Crippen LogP contribution in [0.15, 0.2) is 17.2 Å². The van der Waals surface area contributed by atoms with Crippen molar-refractivity contribution in [1.29, 1.82) is 0 Å². The van der Waals surface area contributed by atoms with Gasteiger partial charge in [-0.25, -0.2) is 0 Å². The van der Waals surface area contributed by atoms with Gasteiger partial charge in [0.25, 0.3) is 0 Å². The first-order valence-electron chi connectivity index (χ1n) is 6.73. The molecule has 0 bridgehead atoms. The van der Waals surface area contributed by atoms with Gasteiger partial charge in [-0.1, -0.05) is 17.2 Å². The van der Waals surface area contributed by atoms with E-state index in [9.17, 15) is 12.9 Å². The van der Waals surface area contributed by atoms with Crippen LogP contribution in [0.4, 0.5) is 18.6 Å². The molecule has 1 heterocycles. The maximum atomic E-state index is 13.0. The van der Waals surface area contributed by atoms with Gasteiger partial charge < -0.3 is 18.3 Å². The first kappa shape index (κ1) is 20.0. The molecule has 1 N–H and O–H groups in total. The molecule has 1 aliphatic heterocycles. The summed E-state index contributed by atoms with van der Waals surface area (Å²) in [6.45, 7) is 0.232. The summed E-state index contributed by atoms with van der Waals surface area (Å²) in [5.41, 5.74) is 9.03. The number of nitrogens with one attached hydrogen (secondary N) is 1. The molecule has 114 valence electrons. The number of benzene rings is 1. The zero-order chi connectivity index (χ0) is 15.5. The average molecular weight is 337 g/mol. The molecule has 0 amide bonds. The monoisotopic (exact) mass is 337 g/mol. The SMILES string of the molecule is Cc1c(CN2CCNCC2)cc([B-](F)(F)F)cc1N=[N+]=[N-].[K+]. The van der Waals surface area contributed by atoms with Gasteiger partial charge in [-0.2, -0.15) is 0 Å². The summed E-state index contributed by atoms with van der Waals surface area (Å²) < 4.78 is 39.0. The molecule has 0 radical (unpaired) electrons. The number of hydrogen-bond donors (Lipinski definition) is 1. The summed E-state index contributed by atoms with van der Waals surface area (Å²) in [5, 5.41) is 6.59. The van der Waals surface area contributed by atoms with Gasteiger partial charge >= 0.3 is 58.4 Å². The van der Waals surface area contributed by atoms with E-state index < -0.39 is 12.4 Å². The fraction of sp³-hybridized carbons (Fsp3) is 0.500. The third-order valence-corrected chi connectivity index (χ3v) is 3.64. The van der Waals surface area contributed by atoms with Crippen LogP contribution in [0.5, 0.6) is 0 Å². The molecule has 0 unspecified atom stereocenters. The number of rotatable bonds is 4. The average Bonchev–Trinajstić information content (AvgIpc) is 2.43. The van der Waals surface area contributed by atoms with Crippen LogP contribution in [0, 0.1) is 6.92 Å². The summed E-state index contributed by atoms with van der Waals surface area (Å²) in [6.07, 6.45) is 0. The minimum absolute atomic E-state index is 0. The molecule has 22 heavy (non-hydrogen) atoms. The van der Waals surface area contributed by atoms with E-state index in [-0.39, 0.29) is 57.1 Å². The van der Waals surface area contributed by atoms with Gasteiger partial charge in [-0.15, -0.1) is 5.46 Å². The predicted octanol–water partition coefficient (Wildman–Crippen LogP) is -0.600. The third-order valence-electron chi connectivity index (χ3n) is 3.64. The van der Waals surface area contributed by atoms with Crippen LogP contribution in [0.1, 0.15) is 11.1 Å². The maximum absolute atomic E-state index is 13.0. The van der Waals surface area contributed by atoms with Crippen LogP contribution in [0.25, 0.3) is 10.4 Å². The van der Waals surface area contributed by atoms with Crippen molar-refractivity contribution in [2.24, 2.45) is 5.11 Å². The van der Waals surface area contributed by atoms with E-state index in [0.717, 1.165) is 32.2 Å². The Morgan fingerprint density at radius 3 is 2.50 bits per heavy atom. The fourth-order valence-corrected chi connectivity index (χ4v) is 2.40. The molecule has 5 nitrogen and oxygen atoms in total. The van der Waals surface area contributed by atoms with Gasteiger partial charge in [-0.05, 0) is 23.6 Å². The van der Waals surface area contributed by atoms with Crippen LogP contribution in [-0.2, 0) is 6.54 Å². The zero-order valence-electron chi connectivity index (χ0n) is 12.7. The molecular formula is C12H16BF3KN5. The Morgan fingerprint density at radius 2 is 1.95 bits per heavy atom. The van der Waals surface area contributed by atoms with Crippen molar-refractivity contribution >= 4 is 18.1 Å². The quantitative estimate of drug-likeness (QED) is 0.345. The number of nitrogens with zero attached hydrogens (tertiary/aromatic N) is 4. The molecular weight excluding hydrogens is 321 g/mol. The van der Waals surface area contributed by atoms with Crippen molar-refractivity contribution in [2.45, 2.75) is 13.5 Å². The summed E-state index contributed by atoms with van der Waals surface area (Å²) >= 11 is 0. The maximum Gasteiger partial charge on any atom is 1.00 e. The Kier molecular flexibility index (Phi) is 7.90. The van der Waals surface area contributed by atoms with Crippen molar-refractivity contribution in [3.05, 3.63) is 33.7 Å². The van der Waals surface area contributed by atoms with E-state index in [2.05, 4.69) is 20.2 Å². The second kappa shape index (κ2) is 8.70. The molecule has 1 aromatic rings. The molecule has 10 heteroatoms. The smallest absolute Gasteiger partial charge is 0.445 e. The molecule has 2 rings (SSSR count). The first-order valence-corrected chi connectivity index (χ1v) is 6.73. The minimum atomic E-state index is -5.12. The van der Waals surface area contributed by atoms with Crippen LogP contribution < -0.4 is 62.2 Å². The van der Waals surface area contributed by atoms with Crippen molar-refractivity contribution in [1.82, 2.24) is 10.2 Å². The summed E-state index contributed by atoms with van der Waals surface area (Å²) in [7, 11) is 0. The van der Waals surface area contributed by atoms with E-state index in [1.54, 1.807) is 6.92 Å². The Balaban J connectivity index is 0.00000242. The predicted molar refractivity (Wildman–Crippen MR) is 76.8 cm³/mol. The topological polar surface area (TPSA) is 64.0 Å². The largest absolute Gasteiger partial charge is 1.00 e. The van der Waals surface area contributed by atoms with Crippen LogP contribution in [0.3, 0.4) is 0 Å². The Hall–Kier alpha value is -0.0587. The van der Waals surface area contributed by atoms with Crippen LogP contribution >= 0.6 is 0 Å². The number of halogens is 3. The fourth-order valence-electron chi connectivity index (χ4n) is 2.40. The van der Waals surface area contributed by atoms with Gasteiger partial charge in [0.05, 0.1) is 0 Å². The molecule has 0 atom stereocenters. The van der Waals surface area contributed by atoms with Crippen molar-refractivity contribution in [3.63, 3.8) is 0 Å². The molecule has 1 saturated heterocycles. The van der Waals surface area contributed by atoms with E-state index in [1.165, 1.54) is 6.07 Å². The van der Waals surface area contributed by atoms with E-state index in [1.807, 2.05) is 0 Å². The van der Waals surface area contributed by atoms with E-state index in [4.69, 9.17) is 5.53 Å². The molecule has 0 aromatic heterocycles. The summed E-state index contributed by atoms with van der Waals surface area (Å²) in [5.74, 6) is 0. The number of piperazine rings is 1. The second-order valence-corrected chi connectivity index (χ2v) is 5.11. The van der Waals surface area contributed by atoms with E-state index in [0.29, 0.717) is 17.7 Å². The molecule has 0 aliphatic carbocycles. The van der Waals surface area contributed by atoms with Crippen molar-refractivity contribution in [3.8, 4) is 0 Å².